The first-order valence-corrected chi connectivity index (χ1v) is 17.3. The molecule has 3 unspecified atom stereocenters. The fourth-order valence-electron chi connectivity index (χ4n) is 5.93. The van der Waals surface area contributed by atoms with Crippen molar-refractivity contribution in [2.45, 2.75) is 109 Å². The fraction of sp³-hybridized carbons (Fsp3) is 0.541. The van der Waals surface area contributed by atoms with Crippen LogP contribution < -0.4 is 26.0 Å². The zero-order chi connectivity index (χ0) is 40.6. The van der Waals surface area contributed by atoms with Crippen LogP contribution in [-0.4, -0.2) is 66.7 Å². The van der Waals surface area contributed by atoms with Crippen LogP contribution in [0.25, 0.3) is 0 Å². The van der Waals surface area contributed by atoms with Crippen LogP contribution in [0.15, 0.2) is 48.5 Å². The van der Waals surface area contributed by atoms with Gasteiger partial charge in [0.2, 0.25) is 17.7 Å². The molecule has 17 heteroatoms. The maximum Gasteiger partial charge on any atom is 0.452 e. The number of hydrogen-bond acceptors (Lipinski definition) is 7. The first-order chi connectivity index (χ1) is 25.0. The van der Waals surface area contributed by atoms with Crippen LogP contribution in [-0.2, 0) is 36.9 Å². The van der Waals surface area contributed by atoms with Crippen molar-refractivity contribution in [1.82, 2.24) is 21.3 Å². The van der Waals surface area contributed by atoms with Gasteiger partial charge in [-0.25, -0.2) is 4.79 Å². The Morgan fingerprint density at radius 3 is 1.81 bits per heavy atom. The molecule has 2 aromatic carbocycles. The van der Waals surface area contributed by atoms with Crippen molar-refractivity contribution in [3.05, 3.63) is 65.2 Å². The summed E-state index contributed by atoms with van der Waals surface area (Å²) in [6, 6.07) is 6.13. The second-order valence-electron chi connectivity index (χ2n) is 14.5. The van der Waals surface area contributed by atoms with Gasteiger partial charge in [0.05, 0.1) is 13.2 Å². The van der Waals surface area contributed by atoms with Crippen molar-refractivity contribution in [2.75, 3.05) is 7.11 Å². The highest BCUT2D eigenvalue weighted by atomic mass is 19.4. The lowest BCUT2D eigenvalue weighted by Gasteiger charge is -2.32. The zero-order valence-electron chi connectivity index (χ0n) is 30.8. The Labute approximate surface area is 309 Å². The van der Waals surface area contributed by atoms with E-state index in [4.69, 9.17) is 9.47 Å². The lowest BCUT2D eigenvalue weighted by Crippen LogP contribution is -2.57. The number of halogens is 6. The number of methoxy groups -OCH3 is 1. The molecule has 4 amide bonds. The summed E-state index contributed by atoms with van der Waals surface area (Å²) in [7, 11) is 1.35. The monoisotopic (exact) mass is 772 g/mol. The van der Waals surface area contributed by atoms with Gasteiger partial charge < -0.3 is 30.7 Å². The van der Waals surface area contributed by atoms with Crippen molar-refractivity contribution < 1.29 is 59.8 Å². The van der Waals surface area contributed by atoms with Gasteiger partial charge in [-0.05, 0) is 68.4 Å². The number of rotatable bonds is 14. The summed E-state index contributed by atoms with van der Waals surface area (Å²) in [5, 5.41) is 9.27. The summed E-state index contributed by atoms with van der Waals surface area (Å²) in [5.41, 5.74) is -2.51. The van der Waals surface area contributed by atoms with E-state index >= 15 is 0 Å². The number of carbonyl (C=O) groups is 5. The molecule has 54 heavy (non-hydrogen) atoms. The van der Waals surface area contributed by atoms with Crippen molar-refractivity contribution in [2.24, 2.45) is 11.3 Å². The van der Waals surface area contributed by atoms with Gasteiger partial charge in [-0.2, -0.15) is 26.3 Å². The molecule has 298 valence electrons. The summed E-state index contributed by atoms with van der Waals surface area (Å²) in [6.07, 6.45) is -12.1. The molecule has 1 aliphatic rings. The number of ketones is 1. The van der Waals surface area contributed by atoms with E-state index in [9.17, 15) is 50.3 Å². The van der Waals surface area contributed by atoms with Gasteiger partial charge in [0.1, 0.15) is 28.8 Å². The van der Waals surface area contributed by atoms with Crippen LogP contribution in [0.4, 0.5) is 31.1 Å². The van der Waals surface area contributed by atoms with Gasteiger partial charge in [0.25, 0.3) is 5.78 Å². The van der Waals surface area contributed by atoms with E-state index in [1.165, 1.54) is 57.4 Å². The normalized spacial score (nSPS) is 16.1. The molecule has 4 N–H and O–H groups in total. The smallest absolute Gasteiger partial charge is 0.452 e. The van der Waals surface area contributed by atoms with E-state index in [2.05, 4.69) is 21.3 Å². The molecule has 0 aliphatic heterocycles. The highest BCUT2D eigenvalue weighted by Crippen LogP contribution is 2.50. The quantitative estimate of drug-likeness (QED) is 0.172. The van der Waals surface area contributed by atoms with Crippen molar-refractivity contribution in [1.29, 1.82) is 0 Å². The van der Waals surface area contributed by atoms with Crippen molar-refractivity contribution >= 4 is 29.6 Å². The standard InChI is InChI=1S/C37H46F6N4O7/c1-21(2)27(29(48)36(38,39)40)46-31(50)28(24-13-15-25(53-6)16-14-24)47-30(49)26(45-32(51)35(37(41,42)43)17-7-8-18-35)19-22-9-11-23(12-10-22)20-44-33(52)54-34(3,4)5/h9-16,21,26-28H,7-8,17-20H2,1-6H3,(H,44,52)(H,45,51)(H,46,50)(H,47,49). The van der Waals surface area contributed by atoms with Crippen LogP contribution >= 0.6 is 0 Å². The largest absolute Gasteiger partial charge is 0.497 e. The van der Waals surface area contributed by atoms with E-state index in [1.54, 1.807) is 32.9 Å². The summed E-state index contributed by atoms with van der Waals surface area (Å²) in [4.78, 5) is 65.4. The average Bonchev–Trinajstić information content (AvgIpc) is 3.59. The molecule has 0 heterocycles. The van der Waals surface area contributed by atoms with E-state index in [0.29, 0.717) is 16.9 Å². The topological polar surface area (TPSA) is 152 Å². The SMILES string of the molecule is COc1ccc(C(NC(=O)C(Cc2ccc(CNC(=O)OC(C)(C)C)cc2)NC(=O)C2(C(F)(F)F)CCCC2)C(=O)NC(C(=O)C(F)(F)F)C(C)C)cc1. The first-order valence-electron chi connectivity index (χ1n) is 17.3. The van der Waals surface area contributed by atoms with E-state index < -0.39 is 89.9 Å². The number of nitrogens with one attached hydrogen (secondary N) is 4. The Morgan fingerprint density at radius 1 is 0.778 bits per heavy atom. The lowest BCUT2D eigenvalue weighted by atomic mass is 9.83. The highest BCUT2D eigenvalue weighted by molar-refractivity contribution is 5.97. The molecular weight excluding hydrogens is 726 g/mol. The van der Waals surface area contributed by atoms with Gasteiger partial charge >= 0.3 is 18.4 Å². The third-order valence-corrected chi connectivity index (χ3v) is 8.88. The summed E-state index contributed by atoms with van der Waals surface area (Å²) in [5.74, 6) is -6.73. The molecular formula is C37H46F6N4O7. The lowest BCUT2D eigenvalue weighted by molar-refractivity contribution is -0.220. The van der Waals surface area contributed by atoms with Crippen molar-refractivity contribution in [3.8, 4) is 5.75 Å². The molecule has 11 nitrogen and oxygen atoms in total. The van der Waals surface area contributed by atoms with Crippen LogP contribution in [0.2, 0.25) is 0 Å². The Kier molecular flexibility index (Phi) is 14.2. The highest BCUT2D eigenvalue weighted by Gasteiger charge is 2.61. The molecule has 1 saturated carbocycles. The van der Waals surface area contributed by atoms with Crippen LogP contribution in [0.3, 0.4) is 0 Å². The minimum absolute atomic E-state index is 0.0260. The molecule has 2 aromatic rings. The molecule has 0 spiro atoms. The Hall–Kier alpha value is -4.83. The summed E-state index contributed by atoms with van der Waals surface area (Å²) >= 11 is 0. The molecule has 1 fully saturated rings. The van der Waals surface area contributed by atoms with Gasteiger partial charge in [-0.1, -0.05) is 63.1 Å². The third kappa shape index (κ3) is 11.6. The van der Waals surface area contributed by atoms with Crippen LogP contribution in [0.1, 0.15) is 83.0 Å². The number of ether oxygens (including phenoxy) is 2. The van der Waals surface area contributed by atoms with Gasteiger partial charge in [0, 0.05) is 13.0 Å². The average molecular weight is 773 g/mol. The summed E-state index contributed by atoms with van der Waals surface area (Å²) < 4.78 is 93.8. The maximum atomic E-state index is 14.4. The first kappa shape index (κ1) is 43.6. The molecule has 0 radical (unpaired) electrons. The molecule has 0 saturated heterocycles. The zero-order valence-corrected chi connectivity index (χ0v) is 30.8. The predicted octanol–water partition coefficient (Wildman–Crippen LogP) is 6.00. The number of benzene rings is 2. The number of amides is 4. The third-order valence-electron chi connectivity index (χ3n) is 8.88. The van der Waals surface area contributed by atoms with Crippen LogP contribution in [0, 0.1) is 11.3 Å². The van der Waals surface area contributed by atoms with E-state index in [0.717, 1.165) is 0 Å². The van der Waals surface area contributed by atoms with Crippen LogP contribution in [0.5, 0.6) is 5.75 Å². The molecule has 1 aliphatic carbocycles. The van der Waals surface area contributed by atoms with Gasteiger partial charge in [-0.3, -0.25) is 19.2 Å². The number of hydrogen-bond donors (Lipinski definition) is 4. The van der Waals surface area contributed by atoms with Gasteiger partial charge in [0.15, 0.2) is 0 Å². The molecule has 3 rings (SSSR count). The molecule has 0 bridgehead atoms. The van der Waals surface area contributed by atoms with E-state index in [1.807, 2.05) is 0 Å². The Morgan fingerprint density at radius 2 is 1.33 bits per heavy atom. The Balaban J connectivity index is 1.97. The minimum Gasteiger partial charge on any atom is -0.497 e. The number of alkyl carbamates (subject to hydrolysis) is 1. The van der Waals surface area contributed by atoms with Gasteiger partial charge in [-0.15, -0.1) is 0 Å². The second kappa shape index (κ2) is 17.5. The maximum absolute atomic E-state index is 14.4. The second-order valence-corrected chi connectivity index (χ2v) is 14.5. The number of alkyl halides is 6. The molecule has 0 aromatic heterocycles. The fourth-order valence-corrected chi connectivity index (χ4v) is 5.93. The Bertz CT molecular complexity index is 1630. The summed E-state index contributed by atoms with van der Waals surface area (Å²) in [6.45, 7) is 7.69. The number of carbonyl (C=O) groups excluding carboxylic acids is 5. The van der Waals surface area contributed by atoms with E-state index in [-0.39, 0.29) is 31.4 Å². The number of Topliss-reactive ketones (excluding diaryl/α,β-unsaturated/α-hetero) is 1. The van der Waals surface area contributed by atoms with Crippen molar-refractivity contribution in [3.63, 3.8) is 0 Å². The minimum atomic E-state index is -5.30. The predicted molar refractivity (Wildman–Crippen MR) is 184 cm³/mol. The molecule has 3 atom stereocenters.